The van der Waals surface area contributed by atoms with Crippen molar-refractivity contribution in [2.45, 2.75) is 10.9 Å². The molecule has 0 aromatic heterocycles. The van der Waals surface area contributed by atoms with Crippen molar-refractivity contribution in [3.8, 4) is 0 Å². The Balaban J connectivity index is 3.14. The predicted octanol–water partition coefficient (Wildman–Crippen LogP) is 1.75. The van der Waals surface area contributed by atoms with Crippen molar-refractivity contribution in [2.75, 3.05) is 6.26 Å². The highest BCUT2D eigenvalue weighted by Crippen LogP contribution is 2.24. The molecule has 0 bridgehead atoms. The summed E-state index contributed by atoms with van der Waals surface area (Å²) in [7, 11) is 0. The molecule has 0 spiro atoms. The van der Waals surface area contributed by atoms with Crippen LogP contribution in [0, 0.1) is 5.82 Å². The van der Waals surface area contributed by atoms with E-state index in [1.807, 2.05) is 6.26 Å². The molecule has 0 fully saturated rings. The van der Waals surface area contributed by atoms with Gasteiger partial charge in [0.1, 0.15) is 12.1 Å². The first-order chi connectivity index (χ1) is 6.19. The van der Waals surface area contributed by atoms with Gasteiger partial charge in [-0.1, -0.05) is 0 Å². The Morgan fingerprint density at radius 1 is 1.62 bits per heavy atom. The summed E-state index contributed by atoms with van der Waals surface area (Å²) >= 11 is 1.44. The van der Waals surface area contributed by atoms with Gasteiger partial charge in [0.25, 0.3) is 0 Å². The molecule has 0 radical (unpaired) electrons. The van der Waals surface area contributed by atoms with Gasteiger partial charge in [-0.25, -0.2) is 4.39 Å². The lowest BCUT2D eigenvalue weighted by Crippen LogP contribution is -2.12. The summed E-state index contributed by atoms with van der Waals surface area (Å²) in [4.78, 5) is 11.3. The topological polar surface area (TPSA) is 43.1 Å². The maximum atomic E-state index is 12.8. The van der Waals surface area contributed by atoms with E-state index in [1.165, 1.54) is 23.9 Å². The van der Waals surface area contributed by atoms with E-state index in [2.05, 4.69) is 0 Å². The molecule has 1 atom stereocenters. The molecule has 4 heteroatoms. The van der Waals surface area contributed by atoms with Gasteiger partial charge < -0.3 is 10.5 Å². The smallest absolute Gasteiger partial charge is 0.141 e. The van der Waals surface area contributed by atoms with Crippen LogP contribution in [0.2, 0.25) is 0 Å². The molecule has 70 valence electrons. The van der Waals surface area contributed by atoms with Crippen LogP contribution in [0.25, 0.3) is 0 Å². The second kappa shape index (κ2) is 4.39. The summed E-state index contributed by atoms with van der Waals surface area (Å²) in [5.74, 6) is -0.370. The van der Waals surface area contributed by atoms with Gasteiger partial charge in [0.15, 0.2) is 0 Å². The minimum Gasteiger partial charge on any atom is -0.318 e. The number of hydrogen-bond acceptors (Lipinski definition) is 3. The minimum atomic E-state index is -0.738. The molecular weight excluding hydrogens is 189 g/mol. The number of carbonyl (C=O) groups is 1. The summed E-state index contributed by atoms with van der Waals surface area (Å²) in [6.45, 7) is 0. The summed E-state index contributed by atoms with van der Waals surface area (Å²) < 4.78 is 12.8. The van der Waals surface area contributed by atoms with Gasteiger partial charge in [-0.3, -0.25) is 0 Å². The van der Waals surface area contributed by atoms with E-state index in [9.17, 15) is 9.18 Å². The molecule has 0 amide bonds. The molecule has 1 unspecified atom stereocenters. The minimum absolute atomic E-state index is 0.370. The summed E-state index contributed by atoms with van der Waals surface area (Å²) in [6.07, 6.45) is 2.46. The van der Waals surface area contributed by atoms with Crippen molar-refractivity contribution in [3.05, 3.63) is 29.6 Å². The van der Waals surface area contributed by atoms with Crippen LogP contribution in [0.1, 0.15) is 11.6 Å². The number of nitrogens with two attached hydrogens (primary N) is 1. The van der Waals surface area contributed by atoms with Crippen LogP contribution in [0.4, 0.5) is 4.39 Å². The third kappa shape index (κ3) is 2.29. The fraction of sp³-hybridized carbons (Fsp3) is 0.222. The van der Waals surface area contributed by atoms with Crippen LogP contribution < -0.4 is 5.73 Å². The number of carbonyl (C=O) groups excluding carboxylic acids is 1. The quantitative estimate of drug-likeness (QED) is 0.595. The van der Waals surface area contributed by atoms with E-state index in [-0.39, 0.29) is 5.82 Å². The van der Waals surface area contributed by atoms with Gasteiger partial charge in [-0.2, -0.15) is 0 Å². The normalized spacial score (nSPS) is 12.5. The first-order valence-corrected chi connectivity index (χ1v) is 4.96. The van der Waals surface area contributed by atoms with Crippen molar-refractivity contribution in [3.63, 3.8) is 0 Å². The van der Waals surface area contributed by atoms with Crippen LogP contribution in [0.5, 0.6) is 0 Å². The van der Waals surface area contributed by atoms with E-state index in [0.29, 0.717) is 11.8 Å². The fourth-order valence-corrected chi connectivity index (χ4v) is 1.67. The molecule has 1 aromatic carbocycles. The van der Waals surface area contributed by atoms with Gasteiger partial charge in [0.05, 0.1) is 6.04 Å². The number of rotatable bonds is 3. The molecular formula is C9H10FNOS. The average Bonchev–Trinajstić information content (AvgIpc) is 2.16. The summed E-state index contributed by atoms with van der Waals surface area (Å²) in [5, 5.41) is 0. The highest BCUT2D eigenvalue weighted by atomic mass is 32.2. The predicted molar refractivity (Wildman–Crippen MR) is 51.2 cm³/mol. The van der Waals surface area contributed by atoms with Crippen LogP contribution in [0.3, 0.4) is 0 Å². The van der Waals surface area contributed by atoms with Crippen molar-refractivity contribution in [1.29, 1.82) is 0 Å². The maximum Gasteiger partial charge on any atom is 0.141 e. The van der Waals surface area contributed by atoms with Gasteiger partial charge in [-0.05, 0) is 30.0 Å². The third-order valence-electron chi connectivity index (χ3n) is 1.70. The number of benzene rings is 1. The lowest BCUT2D eigenvalue weighted by atomic mass is 10.1. The number of halogens is 1. The molecule has 0 aliphatic rings. The molecule has 1 aromatic rings. The van der Waals surface area contributed by atoms with Crippen LogP contribution in [-0.4, -0.2) is 12.5 Å². The highest BCUT2D eigenvalue weighted by Gasteiger charge is 2.10. The lowest BCUT2D eigenvalue weighted by Gasteiger charge is -2.09. The van der Waals surface area contributed by atoms with Crippen molar-refractivity contribution in [2.24, 2.45) is 5.73 Å². The van der Waals surface area contributed by atoms with Crippen molar-refractivity contribution < 1.29 is 9.18 Å². The first-order valence-electron chi connectivity index (χ1n) is 3.73. The molecule has 13 heavy (non-hydrogen) atoms. The molecule has 0 heterocycles. The lowest BCUT2D eigenvalue weighted by molar-refractivity contribution is -0.109. The van der Waals surface area contributed by atoms with Crippen LogP contribution in [0.15, 0.2) is 23.1 Å². The zero-order chi connectivity index (χ0) is 9.84. The second-order valence-electron chi connectivity index (χ2n) is 2.55. The molecule has 0 saturated heterocycles. The molecule has 0 aliphatic carbocycles. The van der Waals surface area contributed by atoms with Gasteiger partial charge in [0, 0.05) is 4.90 Å². The number of thioether (sulfide) groups is 1. The Hall–Kier alpha value is -0.870. The Morgan fingerprint density at radius 2 is 2.31 bits per heavy atom. The van der Waals surface area contributed by atoms with Crippen LogP contribution in [-0.2, 0) is 4.79 Å². The molecule has 0 saturated carbocycles. The van der Waals surface area contributed by atoms with E-state index in [1.54, 1.807) is 6.07 Å². The fourth-order valence-electron chi connectivity index (χ4n) is 1.04. The average molecular weight is 199 g/mol. The Bertz CT molecular complexity index is 316. The van der Waals surface area contributed by atoms with Crippen molar-refractivity contribution >= 4 is 18.0 Å². The van der Waals surface area contributed by atoms with E-state index < -0.39 is 6.04 Å². The molecule has 2 nitrogen and oxygen atoms in total. The number of hydrogen-bond donors (Lipinski definition) is 1. The Morgan fingerprint density at radius 3 is 2.85 bits per heavy atom. The van der Waals surface area contributed by atoms with E-state index >= 15 is 0 Å². The zero-order valence-corrected chi connectivity index (χ0v) is 7.98. The first kappa shape index (κ1) is 10.2. The van der Waals surface area contributed by atoms with E-state index in [0.717, 1.165) is 4.90 Å². The SMILES string of the molecule is CSc1ccc(F)cc1C(N)C=O. The zero-order valence-electron chi connectivity index (χ0n) is 7.16. The maximum absolute atomic E-state index is 12.8. The van der Waals surface area contributed by atoms with Crippen molar-refractivity contribution in [1.82, 2.24) is 0 Å². The van der Waals surface area contributed by atoms with Crippen LogP contribution >= 0.6 is 11.8 Å². The van der Waals surface area contributed by atoms with Gasteiger partial charge in [-0.15, -0.1) is 11.8 Å². The second-order valence-corrected chi connectivity index (χ2v) is 3.40. The summed E-state index contributed by atoms with van der Waals surface area (Å²) in [6, 6.07) is 3.54. The molecule has 0 aliphatic heterocycles. The molecule has 1 rings (SSSR count). The largest absolute Gasteiger partial charge is 0.318 e. The highest BCUT2D eigenvalue weighted by molar-refractivity contribution is 7.98. The Labute approximate surface area is 80.3 Å². The van der Waals surface area contributed by atoms with Gasteiger partial charge >= 0.3 is 0 Å². The monoisotopic (exact) mass is 199 g/mol. The third-order valence-corrected chi connectivity index (χ3v) is 2.51. The standard InChI is InChI=1S/C9H10FNOS/c1-13-9-3-2-6(10)4-7(9)8(11)5-12/h2-5,8H,11H2,1H3. The molecule has 2 N–H and O–H groups in total. The Kier molecular flexibility index (Phi) is 3.45. The van der Waals surface area contributed by atoms with Gasteiger partial charge in [0.2, 0.25) is 0 Å². The van der Waals surface area contributed by atoms with E-state index in [4.69, 9.17) is 5.73 Å². The summed E-state index contributed by atoms with van der Waals surface area (Å²) in [5.41, 5.74) is 6.04. The number of aldehydes is 1.